The van der Waals surface area contributed by atoms with E-state index in [0.717, 1.165) is 32.1 Å². The molecule has 39 heavy (non-hydrogen) atoms. The van der Waals surface area contributed by atoms with Gasteiger partial charge in [0.25, 0.3) is 0 Å². The molecule has 0 saturated carbocycles. The van der Waals surface area contributed by atoms with E-state index in [1.54, 1.807) is 45.0 Å². The van der Waals surface area contributed by atoms with Crippen molar-refractivity contribution in [1.29, 1.82) is 0 Å². The molecule has 0 aliphatic heterocycles. The molecule has 0 aliphatic carbocycles. The number of carbonyl (C=O) groups excluding carboxylic acids is 4. The number of esters is 1. The predicted molar refractivity (Wildman–Crippen MR) is 154 cm³/mol. The van der Waals surface area contributed by atoms with E-state index in [4.69, 9.17) is 11.2 Å². The third-order valence-corrected chi connectivity index (χ3v) is 6.18. The van der Waals surface area contributed by atoms with Crippen molar-refractivity contribution in [3.63, 3.8) is 0 Å². The first-order valence-electron chi connectivity index (χ1n) is 13.3. The summed E-state index contributed by atoms with van der Waals surface area (Å²) < 4.78 is 9.98. The molecule has 0 heterocycles. The minimum Gasteiger partial charge on any atom is -0.468 e. The Morgan fingerprint density at radius 1 is 1.08 bits per heavy atom. The molecule has 0 fully saturated rings. The van der Waals surface area contributed by atoms with Crippen molar-refractivity contribution in [2.45, 2.75) is 83.9 Å². The lowest BCUT2D eigenvalue weighted by Crippen LogP contribution is -2.54. The summed E-state index contributed by atoms with van der Waals surface area (Å²) in [6, 6.07) is 4.58. The van der Waals surface area contributed by atoms with Crippen LogP contribution < -0.4 is 10.6 Å². The first-order valence-corrected chi connectivity index (χ1v) is 13.9. The second-order valence-corrected chi connectivity index (χ2v) is 10.5. The third kappa shape index (κ3) is 12.0. The molecule has 1 rings (SSSR count). The van der Waals surface area contributed by atoms with Crippen LogP contribution in [0.25, 0.3) is 0 Å². The van der Waals surface area contributed by atoms with Crippen LogP contribution >= 0.6 is 12.6 Å². The Labute approximate surface area is 238 Å². The summed E-state index contributed by atoms with van der Waals surface area (Å²) >= 11 is 4.30. The van der Waals surface area contributed by atoms with E-state index in [9.17, 15) is 19.2 Å². The average Bonchev–Trinajstić information content (AvgIpc) is 2.90. The summed E-state index contributed by atoms with van der Waals surface area (Å²) in [5.41, 5.74) is 0.0879. The van der Waals surface area contributed by atoms with E-state index < -0.39 is 41.6 Å². The third-order valence-electron chi connectivity index (χ3n) is 5.81. The van der Waals surface area contributed by atoms with Gasteiger partial charge in [-0.25, -0.2) is 4.79 Å². The average molecular weight is 562 g/mol. The van der Waals surface area contributed by atoms with Gasteiger partial charge < -0.3 is 25.0 Å². The standard InChI is InChI=1S/C29H43N3O6S/c1-7-9-10-11-12-15-18-32(27(35)23(20-39)31-28(36)38-29(3,4)5)25(26(34)30-19-24(33)37-6)22-17-14-13-16-21(22)8-2/h2,13-14,16-17,23,25,39H,7,9-12,15,18-20H2,1,3-6H3,(H,30,34)(H,31,36). The summed E-state index contributed by atoms with van der Waals surface area (Å²) in [7, 11) is 1.22. The van der Waals surface area contributed by atoms with Crippen LogP contribution in [0, 0.1) is 12.3 Å². The summed E-state index contributed by atoms with van der Waals surface area (Å²) in [5, 5.41) is 5.14. The Balaban J connectivity index is 3.43. The largest absolute Gasteiger partial charge is 0.468 e. The topological polar surface area (TPSA) is 114 Å². The fourth-order valence-corrected chi connectivity index (χ4v) is 4.16. The second-order valence-electron chi connectivity index (χ2n) is 10.1. The van der Waals surface area contributed by atoms with E-state index >= 15 is 0 Å². The summed E-state index contributed by atoms with van der Waals surface area (Å²) in [5.74, 6) is 0.792. The van der Waals surface area contributed by atoms with Crippen LogP contribution in [0.15, 0.2) is 24.3 Å². The molecule has 0 spiro atoms. The highest BCUT2D eigenvalue weighted by molar-refractivity contribution is 7.80. The molecule has 2 unspecified atom stereocenters. The molecule has 216 valence electrons. The molecule has 0 aliphatic rings. The fraction of sp³-hybridized carbons (Fsp3) is 0.586. The molecule has 0 saturated heterocycles. The highest BCUT2D eigenvalue weighted by Gasteiger charge is 2.36. The lowest BCUT2D eigenvalue weighted by Gasteiger charge is -2.34. The maximum absolute atomic E-state index is 13.9. The molecule has 2 N–H and O–H groups in total. The van der Waals surface area contributed by atoms with Gasteiger partial charge in [-0.3, -0.25) is 14.4 Å². The summed E-state index contributed by atoms with van der Waals surface area (Å²) in [6.45, 7) is 7.12. The van der Waals surface area contributed by atoms with Gasteiger partial charge >= 0.3 is 12.1 Å². The zero-order valence-corrected chi connectivity index (χ0v) is 24.6. The number of hydrogen-bond acceptors (Lipinski definition) is 7. The number of amides is 3. The lowest BCUT2D eigenvalue weighted by molar-refractivity contribution is -0.144. The van der Waals surface area contributed by atoms with Crippen LogP contribution in [0.4, 0.5) is 4.79 Å². The normalized spacial score (nSPS) is 12.4. The number of terminal acetylenes is 1. The first kappa shape index (κ1) is 33.8. The zero-order chi connectivity index (χ0) is 29.4. The quantitative estimate of drug-likeness (QED) is 0.129. The van der Waals surface area contributed by atoms with E-state index in [0.29, 0.717) is 17.5 Å². The number of rotatable bonds is 15. The van der Waals surface area contributed by atoms with E-state index in [-0.39, 0.29) is 18.8 Å². The van der Waals surface area contributed by atoms with Crippen LogP contribution in [-0.4, -0.2) is 66.4 Å². The van der Waals surface area contributed by atoms with Crippen LogP contribution in [-0.2, 0) is 23.9 Å². The molecule has 3 amide bonds. The number of ether oxygens (including phenoxy) is 2. The smallest absolute Gasteiger partial charge is 0.408 e. The summed E-state index contributed by atoms with van der Waals surface area (Å²) in [4.78, 5) is 53.2. The second kappa shape index (κ2) is 17.4. The number of benzene rings is 1. The number of methoxy groups -OCH3 is 1. The van der Waals surface area contributed by atoms with Gasteiger partial charge in [-0.2, -0.15) is 12.6 Å². The highest BCUT2D eigenvalue weighted by Crippen LogP contribution is 2.26. The number of nitrogens with one attached hydrogen (secondary N) is 2. The molecule has 10 heteroatoms. The number of thiol groups is 1. The minimum atomic E-state index is -1.16. The Morgan fingerprint density at radius 3 is 2.31 bits per heavy atom. The highest BCUT2D eigenvalue weighted by atomic mass is 32.1. The number of hydrogen-bond donors (Lipinski definition) is 3. The van der Waals surface area contributed by atoms with E-state index in [1.807, 2.05) is 0 Å². The molecule has 2 atom stereocenters. The Morgan fingerprint density at radius 2 is 1.72 bits per heavy atom. The molecule has 0 bridgehead atoms. The van der Waals surface area contributed by atoms with Crippen molar-refractivity contribution in [3.05, 3.63) is 35.4 Å². The lowest BCUT2D eigenvalue weighted by atomic mass is 9.97. The number of alkyl carbamates (subject to hydrolysis) is 1. The number of unbranched alkanes of at least 4 members (excludes halogenated alkanes) is 5. The minimum absolute atomic E-state index is 0.0294. The van der Waals surface area contributed by atoms with Crippen molar-refractivity contribution in [1.82, 2.24) is 15.5 Å². The van der Waals surface area contributed by atoms with Gasteiger partial charge in [0.15, 0.2) is 0 Å². The van der Waals surface area contributed by atoms with Crippen LogP contribution in [0.5, 0.6) is 0 Å². The van der Waals surface area contributed by atoms with E-state index in [1.165, 1.54) is 12.0 Å². The number of nitrogens with zero attached hydrogens (tertiary/aromatic N) is 1. The Bertz CT molecular complexity index is 1000. The maximum atomic E-state index is 13.9. The molecule has 9 nitrogen and oxygen atoms in total. The van der Waals surface area contributed by atoms with Gasteiger partial charge in [0.05, 0.1) is 7.11 Å². The van der Waals surface area contributed by atoms with E-state index in [2.05, 4.69) is 40.8 Å². The monoisotopic (exact) mass is 561 g/mol. The Hall–Kier alpha value is -3.19. The first-order chi connectivity index (χ1) is 18.5. The predicted octanol–water partition coefficient (Wildman–Crippen LogP) is 4.01. The van der Waals surface area contributed by atoms with Crippen LogP contribution in [0.1, 0.15) is 83.4 Å². The van der Waals surface area contributed by atoms with Gasteiger partial charge in [0.1, 0.15) is 24.2 Å². The van der Waals surface area contributed by atoms with Crippen LogP contribution in [0.2, 0.25) is 0 Å². The number of carbonyl (C=O) groups is 4. The van der Waals surface area contributed by atoms with Crippen molar-refractivity contribution in [2.24, 2.45) is 0 Å². The zero-order valence-electron chi connectivity index (χ0n) is 23.7. The molecular weight excluding hydrogens is 518 g/mol. The van der Waals surface area contributed by atoms with Gasteiger partial charge in [-0.1, -0.05) is 63.1 Å². The van der Waals surface area contributed by atoms with Gasteiger partial charge in [0, 0.05) is 17.9 Å². The Kier molecular flexibility index (Phi) is 15.1. The summed E-state index contributed by atoms with van der Waals surface area (Å²) in [6.07, 6.45) is 10.7. The van der Waals surface area contributed by atoms with Gasteiger partial charge in [-0.05, 0) is 38.8 Å². The van der Waals surface area contributed by atoms with Crippen molar-refractivity contribution in [3.8, 4) is 12.3 Å². The molecule has 0 aromatic heterocycles. The SMILES string of the molecule is C#Cc1ccccc1C(C(=O)NCC(=O)OC)N(CCCCCCCC)C(=O)C(CS)NC(=O)OC(C)(C)C. The molecule has 1 aromatic rings. The van der Waals surface area contributed by atoms with Crippen LogP contribution in [0.3, 0.4) is 0 Å². The molecular formula is C29H43N3O6S. The molecule has 0 radical (unpaired) electrons. The maximum Gasteiger partial charge on any atom is 0.408 e. The fourth-order valence-electron chi connectivity index (χ4n) is 3.91. The van der Waals surface area contributed by atoms with Crippen molar-refractivity contribution < 1.29 is 28.7 Å². The van der Waals surface area contributed by atoms with Gasteiger partial charge in [0.2, 0.25) is 11.8 Å². The van der Waals surface area contributed by atoms with Gasteiger partial charge in [-0.15, -0.1) is 6.42 Å². The van der Waals surface area contributed by atoms with Crippen molar-refractivity contribution >= 4 is 36.5 Å². The van der Waals surface area contributed by atoms with Crippen molar-refractivity contribution in [2.75, 3.05) is 26.0 Å². The molecule has 1 aromatic carbocycles.